The van der Waals surface area contributed by atoms with E-state index in [0.29, 0.717) is 12.6 Å². The van der Waals surface area contributed by atoms with Gasteiger partial charge in [-0.3, -0.25) is 9.69 Å². The summed E-state index contributed by atoms with van der Waals surface area (Å²) in [5, 5.41) is 6.22. The molecule has 1 aliphatic carbocycles. The lowest BCUT2D eigenvalue weighted by molar-refractivity contribution is -0.117. The van der Waals surface area contributed by atoms with E-state index < -0.39 is 0 Å². The standard InChI is InChI=1S/C15H21N3O/c1-18(14-8-16-9-14)10-15(19)17-13-6-5-11-3-2-4-12(11)7-13/h5-7,14,16H,2-4,8-10H2,1H3,(H,17,19). The van der Waals surface area contributed by atoms with Crippen LogP contribution in [0.15, 0.2) is 18.2 Å². The highest BCUT2D eigenvalue weighted by molar-refractivity contribution is 5.92. The molecule has 2 N–H and O–H groups in total. The normalized spacial score (nSPS) is 18.2. The summed E-state index contributed by atoms with van der Waals surface area (Å²) < 4.78 is 0. The number of fused-ring (bicyclic) bond motifs is 1. The Morgan fingerprint density at radius 2 is 2.16 bits per heavy atom. The molecule has 1 aromatic carbocycles. The molecule has 1 aliphatic heterocycles. The first-order chi connectivity index (χ1) is 9.22. The molecule has 3 rings (SSSR count). The lowest BCUT2D eigenvalue weighted by atomic mass is 10.1. The number of amides is 1. The van der Waals surface area contributed by atoms with E-state index in [1.165, 1.54) is 24.0 Å². The summed E-state index contributed by atoms with van der Waals surface area (Å²) in [4.78, 5) is 14.1. The fourth-order valence-electron chi connectivity index (χ4n) is 2.79. The largest absolute Gasteiger partial charge is 0.325 e. The number of anilines is 1. The monoisotopic (exact) mass is 259 g/mol. The molecule has 0 aromatic heterocycles. The van der Waals surface area contributed by atoms with Gasteiger partial charge in [-0.25, -0.2) is 0 Å². The lowest BCUT2D eigenvalue weighted by Crippen LogP contribution is -2.57. The number of carbonyl (C=O) groups excluding carboxylic acids is 1. The average Bonchev–Trinajstić information content (AvgIpc) is 2.73. The Morgan fingerprint density at radius 1 is 1.37 bits per heavy atom. The van der Waals surface area contributed by atoms with E-state index in [9.17, 15) is 4.79 Å². The number of carbonyl (C=O) groups is 1. The molecule has 2 aliphatic rings. The zero-order chi connectivity index (χ0) is 13.2. The van der Waals surface area contributed by atoms with Crippen LogP contribution in [-0.4, -0.2) is 43.5 Å². The van der Waals surface area contributed by atoms with Crippen LogP contribution in [0.3, 0.4) is 0 Å². The molecule has 4 heteroatoms. The maximum Gasteiger partial charge on any atom is 0.238 e. The number of nitrogens with zero attached hydrogens (tertiary/aromatic N) is 1. The van der Waals surface area contributed by atoms with Crippen LogP contribution in [0.2, 0.25) is 0 Å². The van der Waals surface area contributed by atoms with Crippen molar-refractivity contribution in [2.75, 3.05) is 32.0 Å². The molecule has 0 unspecified atom stereocenters. The van der Waals surface area contributed by atoms with Crippen molar-refractivity contribution in [1.29, 1.82) is 0 Å². The Morgan fingerprint density at radius 3 is 2.89 bits per heavy atom. The molecule has 1 heterocycles. The van der Waals surface area contributed by atoms with Gasteiger partial charge >= 0.3 is 0 Å². The van der Waals surface area contributed by atoms with Gasteiger partial charge in [0, 0.05) is 24.8 Å². The fraction of sp³-hybridized carbons (Fsp3) is 0.533. The smallest absolute Gasteiger partial charge is 0.238 e. The van der Waals surface area contributed by atoms with Crippen LogP contribution in [0, 0.1) is 0 Å². The fourth-order valence-corrected chi connectivity index (χ4v) is 2.79. The summed E-state index contributed by atoms with van der Waals surface area (Å²) in [5.74, 6) is 0.0762. The van der Waals surface area contributed by atoms with Crippen LogP contribution in [0.25, 0.3) is 0 Å². The van der Waals surface area contributed by atoms with E-state index in [-0.39, 0.29) is 5.91 Å². The van der Waals surface area contributed by atoms with Gasteiger partial charge in [0.1, 0.15) is 0 Å². The molecule has 1 fully saturated rings. The molecule has 0 saturated carbocycles. The highest BCUT2D eigenvalue weighted by atomic mass is 16.2. The van der Waals surface area contributed by atoms with Crippen LogP contribution in [0.5, 0.6) is 0 Å². The molecule has 1 aromatic rings. The predicted molar refractivity (Wildman–Crippen MR) is 76.4 cm³/mol. The summed E-state index contributed by atoms with van der Waals surface area (Å²) >= 11 is 0. The van der Waals surface area contributed by atoms with Crippen molar-refractivity contribution in [3.63, 3.8) is 0 Å². The maximum atomic E-state index is 12.0. The van der Waals surface area contributed by atoms with E-state index in [1.54, 1.807) is 0 Å². The molecule has 0 radical (unpaired) electrons. The van der Waals surface area contributed by atoms with Crippen LogP contribution in [0.1, 0.15) is 17.5 Å². The number of likely N-dealkylation sites (N-methyl/N-ethyl adjacent to an activating group) is 1. The Labute approximate surface area is 114 Å². The van der Waals surface area contributed by atoms with Gasteiger partial charge in [-0.15, -0.1) is 0 Å². The molecule has 1 amide bonds. The van der Waals surface area contributed by atoms with Gasteiger partial charge < -0.3 is 10.6 Å². The number of nitrogens with one attached hydrogen (secondary N) is 2. The predicted octanol–water partition coefficient (Wildman–Crippen LogP) is 1.02. The van der Waals surface area contributed by atoms with E-state index >= 15 is 0 Å². The van der Waals surface area contributed by atoms with Gasteiger partial charge in [-0.05, 0) is 49.6 Å². The van der Waals surface area contributed by atoms with Crippen LogP contribution in [0.4, 0.5) is 5.69 Å². The van der Waals surface area contributed by atoms with Crippen molar-refractivity contribution >= 4 is 11.6 Å². The number of rotatable bonds is 4. The molecule has 1 saturated heterocycles. The van der Waals surface area contributed by atoms with Crippen LogP contribution in [-0.2, 0) is 17.6 Å². The summed E-state index contributed by atoms with van der Waals surface area (Å²) in [6.07, 6.45) is 3.57. The summed E-state index contributed by atoms with van der Waals surface area (Å²) in [6.45, 7) is 2.44. The van der Waals surface area contributed by atoms with Crippen molar-refractivity contribution < 1.29 is 4.79 Å². The van der Waals surface area contributed by atoms with Gasteiger partial charge in [0.05, 0.1) is 6.54 Å². The lowest BCUT2D eigenvalue weighted by Gasteiger charge is -2.35. The van der Waals surface area contributed by atoms with Crippen molar-refractivity contribution in [2.24, 2.45) is 0 Å². The first kappa shape index (κ1) is 12.6. The summed E-state index contributed by atoms with van der Waals surface area (Å²) in [6, 6.07) is 6.81. The minimum Gasteiger partial charge on any atom is -0.325 e. The third kappa shape index (κ3) is 2.80. The first-order valence-electron chi connectivity index (χ1n) is 7.05. The second-order valence-corrected chi connectivity index (χ2v) is 5.61. The van der Waals surface area contributed by atoms with Crippen molar-refractivity contribution in [2.45, 2.75) is 25.3 Å². The molecule has 0 spiro atoms. The molecule has 102 valence electrons. The van der Waals surface area contributed by atoms with E-state index in [1.807, 2.05) is 13.1 Å². The molecule has 19 heavy (non-hydrogen) atoms. The van der Waals surface area contributed by atoms with Crippen molar-refractivity contribution in [3.05, 3.63) is 29.3 Å². The highest BCUT2D eigenvalue weighted by Crippen LogP contribution is 2.24. The second kappa shape index (κ2) is 5.31. The number of benzene rings is 1. The van der Waals surface area contributed by atoms with Gasteiger partial charge in [0.15, 0.2) is 0 Å². The van der Waals surface area contributed by atoms with Crippen molar-refractivity contribution in [3.8, 4) is 0 Å². The first-order valence-corrected chi connectivity index (χ1v) is 7.05. The van der Waals surface area contributed by atoms with E-state index in [4.69, 9.17) is 0 Å². The number of aryl methyl sites for hydroxylation is 2. The second-order valence-electron chi connectivity index (χ2n) is 5.61. The van der Waals surface area contributed by atoms with Gasteiger partial charge in [-0.2, -0.15) is 0 Å². The third-order valence-corrected chi connectivity index (χ3v) is 4.16. The summed E-state index contributed by atoms with van der Waals surface area (Å²) in [5.41, 5.74) is 3.77. The average molecular weight is 259 g/mol. The zero-order valence-corrected chi connectivity index (χ0v) is 11.4. The Kier molecular flexibility index (Phi) is 3.53. The number of hydrogen-bond acceptors (Lipinski definition) is 3. The van der Waals surface area contributed by atoms with E-state index in [2.05, 4.69) is 27.7 Å². The Balaban J connectivity index is 1.56. The minimum atomic E-state index is 0.0762. The topological polar surface area (TPSA) is 44.4 Å². The van der Waals surface area contributed by atoms with Gasteiger partial charge in [0.2, 0.25) is 5.91 Å². The quantitative estimate of drug-likeness (QED) is 0.848. The summed E-state index contributed by atoms with van der Waals surface area (Å²) in [7, 11) is 2.01. The highest BCUT2D eigenvalue weighted by Gasteiger charge is 2.23. The molecular weight excluding hydrogens is 238 g/mol. The maximum absolute atomic E-state index is 12.0. The Hall–Kier alpha value is -1.39. The molecule has 4 nitrogen and oxygen atoms in total. The third-order valence-electron chi connectivity index (χ3n) is 4.16. The van der Waals surface area contributed by atoms with Crippen LogP contribution < -0.4 is 10.6 Å². The molecular formula is C15H21N3O. The number of hydrogen-bond donors (Lipinski definition) is 2. The minimum absolute atomic E-state index is 0.0762. The van der Waals surface area contributed by atoms with Crippen molar-refractivity contribution in [1.82, 2.24) is 10.2 Å². The Bertz CT molecular complexity index is 482. The van der Waals surface area contributed by atoms with Crippen LogP contribution >= 0.6 is 0 Å². The van der Waals surface area contributed by atoms with E-state index in [0.717, 1.165) is 25.2 Å². The zero-order valence-electron chi connectivity index (χ0n) is 11.4. The molecule has 0 bridgehead atoms. The SMILES string of the molecule is CN(CC(=O)Nc1ccc2c(c1)CCC2)C1CNC1. The molecule has 0 atom stereocenters. The van der Waals surface area contributed by atoms with Gasteiger partial charge in [0.25, 0.3) is 0 Å². The van der Waals surface area contributed by atoms with Gasteiger partial charge in [-0.1, -0.05) is 6.07 Å².